The highest BCUT2D eigenvalue weighted by Gasteiger charge is 2.22. The number of ether oxygens (including phenoxy) is 1. The predicted molar refractivity (Wildman–Crippen MR) is 102 cm³/mol. The number of aryl methyl sites for hydroxylation is 1. The number of halogens is 1. The first-order valence-electron chi connectivity index (χ1n) is 8.58. The van der Waals surface area contributed by atoms with Crippen molar-refractivity contribution >= 4 is 35.0 Å². The summed E-state index contributed by atoms with van der Waals surface area (Å²) in [6.07, 6.45) is 1.29. The Hall–Kier alpha value is -2.54. The van der Waals surface area contributed by atoms with Gasteiger partial charge in [-0.15, -0.1) is 0 Å². The van der Waals surface area contributed by atoms with Crippen molar-refractivity contribution in [1.29, 1.82) is 0 Å². The largest absolute Gasteiger partial charge is 0.450 e. The lowest BCUT2D eigenvalue weighted by Crippen LogP contribution is -2.49. The molecule has 0 spiro atoms. The van der Waals surface area contributed by atoms with Crippen molar-refractivity contribution in [3.63, 3.8) is 0 Å². The molecule has 1 amide bonds. The van der Waals surface area contributed by atoms with Gasteiger partial charge in [-0.2, -0.15) is 0 Å². The van der Waals surface area contributed by atoms with Crippen LogP contribution in [0.1, 0.15) is 12.5 Å². The van der Waals surface area contributed by atoms with Crippen molar-refractivity contribution < 1.29 is 9.53 Å². The van der Waals surface area contributed by atoms with E-state index in [1.54, 1.807) is 11.2 Å². The average molecular weight is 376 g/mol. The summed E-state index contributed by atoms with van der Waals surface area (Å²) in [6, 6.07) is 7.58. The number of aromatic nitrogens is 2. The van der Waals surface area contributed by atoms with Crippen molar-refractivity contribution in [3.05, 3.63) is 41.2 Å². The summed E-state index contributed by atoms with van der Waals surface area (Å²) in [6.45, 7) is 6.83. The zero-order valence-electron chi connectivity index (χ0n) is 14.9. The first kappa shape index (κ1) is 18.3. The van der Waals surface area contributed by atoms with Crippen LogP contribution in [0.2, 0.25) is 5.02 Å². The van der Waals surface area contributed by atoms with Gasteiger partial charge in [0.05, 0.1) is 6.61 Å². The molecule has 0 aliphatic carbocycles. The maximum absolute atomic E-state index is 11.8. The summed E-state index contributed by atoms with van der Waals surface area (Å²) in [5.41, 5.74) is 1.99. The Kier molecular flexibility index (Phi) is 5.78. The SMILES string of the molecule is CCOC(=O)N1CCN(c2cc(Nc3ccc(Cl)cc3C)ncn2)CC1. The summed E-state index contributed by atoms with van der Waals surface area (Å²) in [5.74, 6) is 1.55. The molecule has 7 nitrogen and oxygen atoms in total. The second-order valence-electron chi connectivity index (χ2n) is 6.02. The highest BCUT2D eigenvalue weighted by Crippen LogP contribution is 2.24. The first-order valence-corrected chi connectivity index (χ1v) is 8.96. The van der Waals surface area contributed by atoms with E-state index in [9.17, 15) is 4.79 Å². The zero-order valence-corrected chi connectivity index (χ0v) is 15.7. The third-order valence-corrected chi connectivity index (χ3v) is 4.47. The van der Waals surface area contributed by atoms with Gasteiger partial charge in [0.15, 0.2) is 0 Å². The van der Waals surface area contributed by atoms with E-state index in [1.807, 2.05) is 38.1 Å². The van der Waals surface area contributed by atoms with Crippen molar-refractivity contribution in [3.8, 4) is 0 Å². The van der Waals surface area contributed by atoms with E-state index < -0.39 is 0 Å². The highest BCUT2D eigenvalue weighted by molar-refractivity contribution is 6.30. The van der Waals surface area contributed by atoms with Crippen LogP contribution in [-0.4, -0.2) is 53.7 Å². The number of hydrogen-bond acceptors (Lipinski definition) is 6. The molecule has 1 aliphatic heterocycles. The molecule has 1 aromatic carbocycles. The van der Waals surface area contributed by atoms with E-state index in [0.29, 0.717) is 43.6 Å². The molecule has 1 saturated heterocycles. The number of nitrogens with zero attached hydrogens (tertiary/aromatic N) is 4. The third-order valence-electron chi connectivity index (χ3n) is 4.23. The number of carbonyl (C=O) groups is 1. The van der Waals surface area contributed by atoms with Crippen LogP contribution in [0.5, 0.6) is 0 Å². The monoisotopic (exact) mass is 375 g/mol. The van der Waals surface area contributed by atoms with Gasteiger partial charge in [-0.05, 0) is 37.6 Å². The van der Waals surface area contributed by atoms with Crippen LogP contribution in [0.15, 0.2) is 30.6 Å². The van der Waals surface area contributed by atoms with Gasteiger partial charge in [0.2, 0.25) is 0 Å². The molecule has 2 aromatic rings. The summed E-state index contributed by atoms with van der Waals surface area (Å²) in [5, 5.41) is 4.01. The van der Waals surface area contributed by atoms with E-state index >= 15 is 0 Å². The number of rotatable bonds is 4. The Balaban J connectivity index is 1.65. The average Bonchev–Trinajstić information content (AvgIpc) is 2.65. The number of nitrogens with one attached hydrogen (secondary N) is 1. The second kappa shape index (κ2) is 8.23. The molecule has 0 radical (unpaired) electrons. The van der Waals surface area contributed by atoms with E-state index in [2.05, 4.69) is 20.2 Å². The van der Waals surface area contributed by atoms with Crippen LogP contribution in [0.25, 0.3) is 0 Å². The van der Waals surface area contributed by atoms with Gasteiger partial charge >= 0.3 is 6.09 Å². The molecule has 0 saturated carbocycles. The molecule has 0 unspecified atom stereocenters. The minimum absolute atomic E-state index is 0.254. The van der Waals surface area contributed by atoms with Crippen LogP contribution >= 0.6 is 11.6 Å². The fourth-order valence-electron chi connectivity index (χ4n) is 2.83. The van der Waals surface area contributed by atoms with E-state index in [-0.39, 0.29) is 6.09 Å². The van der Waals surface area contributed by atoms with Gasteiger partial charge in [-0.1, -0.05) is 11.6 Å². The smallest absolute Gasteiger partial charge is 0.409 e. The lowest BCUT2D eigenvalue weighted by molar-refractivity contribution is 0.105. The van der Waals surface area contributed by atoms with Gasteiger partial charge in [0.1, 0.15) is 18.0 Å². The van der Waals surface area contributed by atoms with E-state index in [4.69, 9.17) is 16.3 Å². The molecule has 1 fully saturated rings. The van der Waals surface area contributed by atoms with Gasteiger partial charge < -0.3 is 19.9 Å². The van der Waals surface area contributed by atoms with Gasteiger partial charge in [0, 0.05) is 43.0 Å². The highest BCUT2D eigenvalue weighted by atomic mass is 35.5. The van der Waals surface area contributed by atoms with Crippen molar-refractivity contribution in [1.82, 2.24) is 14.9 Å². The zero-order chi connectivity index (χ0) is 18.5. The van der Waals surface area contributed by atoms with Crippen molar-refractivity contribution in [2.75, 3.05) is 43.0 Å². The lowest BCUT2D eigenvalue weighted by Gasteiger charge is -2.34. The Bertz CT molecular complexity index is 778. The number of benzene rings is 1. The van der Waals surface area contributed by atoms with Crippen LogP contribution in [-0.2, 0) is 4.74 Å². The minimum Gasteiger partial charge on any atom is -0.450 e. The molecule has 1 aromatic heterocycles. The maximum Gasteiger partial charge on any atom is 0.409 e. The third kappa shape index (κ3) is 4.35. The Morgan fingerprint density at radius 1 is 1.23 bits per heavy atom. The van der Waals surface area contributed by atoms with Gasteiger partial charge in [0.25, 0.3) is 0 Å². The quantitative estimate of drug-likeness (QED) is 0.882. The number of piperazine rings is 1. The normalized spacial score (nSPS) is 14.3. The van der Waals surface area contributed by atoms with Gasteiger partial charge in [-0.3, -0.25) is 0 Å². The number of hydrogen-bond donors (Lipinski definition) is 1. The van der Waals surface area contributed by atoms with Crippen molar-refractivity contribution in [2.45, 2.75) is 13.8 Å². The van der Waals surface area contributed by atoms with E-state index in [0.717, 1.165) is 17.1 Å². The minimum atomic E-state index is -0.254. The lowest BCUT2D eigenvalue weighted by atomic mass is 10.2. The molecule has 8 heteroatoms. The number of anilines is 3. The standard InChI is InChI=1S/C18H22ClN5O2/c1-3-26-18(25)24-8-6-23(7-9-24)17-11-16(20-12-21-17)22-15-5-4-14(19)10-13(15)2/h4-5,10-12H,3,6-9H2,1-2H3,(H,20,21,22). The van der Waals surface area contributed by atoms with Crippen LogP contribution in [0.4, 0.5) is 22.1 Å². The molecule has 2 heterocycles. The first-order chi connectivity index (χ1) is 12.6. The Morgan fingerprint density at radius 2 is 2.00 bits per heavy atom. The Labute approximate surface area is 157 Å². The van der Waals surface area contributed by atoms with Gasteiger partial charge in [-0.25, -0.2) is 14.8 Å². The summed E-state index contributed by atoms with van der Waals surface area (Å²) >= 11 is 6.00. The molecule has 138 valence electrons. The maximum atomic E-state index is 11.8. The Morgan fingerprint density at radius 3 is 2.69 bits per heavy atom. The molecule has 26 heavy (non-hydrogen) atoms. The van der Waals surface area contributed by atoms with Crippen LogP contribution in [0, 0.1) is 6.92 Å². The molecule has 3 rings (SSSR count). The molecule has 0 atom stereocenters. The van der Waals surface area contributed by atoms with E-state index in [1.165, 1.54) is 0 Å². The summed E-state index contributed by atoms with van der Waals surface area (Å²) in [4.78, 5) is 24.3. The second-order valence-corrected chi connectivity index (χ2v) is 6.46. The summed E-state index contributed by atoms with van der Waals surface area (Å²) in [7, 11) is 0. The molecular formula is C18H22ClN5O2. The number of amides is 1. The fraction of sp³-hybridized carbons (Fsp3) is 0.389. The molecule has 1 aliphatic rings. The molecule has 1 N–H and O–H groups in total. The van der Waals surface area contributed by atoms with Crippen molar-refractivity contribution in [2.24, 2.45) is 0 Å². The molecule has 0 bridgehead atoms. The van der Waals surface area contributed by atoms with Crippen LogP contribution in [0.3, 0.4) is 0 Å². The number of carbonyl (C=O) groups excluding carboxylic acids is 1. The fourth-order valence-corrected chi connectivity index (χ4v) is 3.05. The predicted octanol–water partition coefficient (Wildman–Crippen LogP) is 3.46. The molecular weight excluding hydrogens is 354 g/mol. The van der Waals surface area contributed by atoms with Crippen LogP contribution < -0.4 is 10.2 Å². The topological polar surface area (TPSA) is 70.6 Å². The summed E-state index contributed by atoms with van der Waals surface area (Å²) < 4.78 is 5.05.